The molecule has 0 heterocycles. The van der Waals surface area contributed by atoms with Gasteiger partial charge in [0, 0.05) is 11.6 Å². The Bertz CT molecular complexity index is 621. The molecular weight excluding hydrogens is 284 g/mol. The second-order valence-electron chi connectivity index (χ2n) is 5.38. The average Bonchev–Trinajstić information content (AvgIpc) is 3.27. The van der Waals surface area contributed by atoms with Crippen LogP contribution in [0.1, 0.15) is 24.0 Å². The maximum absolute atomic E-state index is 12.1. The Hall–Kier alpha value is -2.00. The summed E-state index contributed by atoms with van der Waals surface area (Å²) in [7, 11) is 0. The van der Waals surface area contributed by atoms with Crippen LogP contribution in [0.3, 0.4) is 0 Å². The highest BCUT2D eigenvalue weighted by atomic mass is 35.5. The van der Waals surface area contributed by atoms with Crippen LogP contribution in [0, 0.1) is 0 Å². The largest absolute Gasteiger partial charge is 0.334 e. The predicted octanol–water partition coefficient (Wildman–Crippen LogP) is 3.83. The summed E-state index contributed by atoms with van der Waals surface area (Å²) >= 11 is 5.91. The van der Waals surface area contributed by atoms with E-state index >= 15 is 0 Å². The van der Waals surface area contributed by atoms with Crippen LogP contribution in [0.2, 0.25) is 5.02 Å². The number of urea groups is 1. The second-order valence-corrected chi connectivity index (χ2v) is 5.82. The van der Waals surface area contributed by atoms with Crippen molar-refractivity contribution in [3.05, 3.63) is 70.7 Å². The maximum atomic E-state index is 12.1. The smallest absolute Gasteiger partial charge is 0.315 e. The van der Waals surface area contributed by atoms with Gasteiger partial charge in [-0.05, 0) is 36.1 Å². The molecule has 0 radical (unpaired) electrons. The zero-order chi connectivity index (χ0) is 14.7. The molecule has 0 aromatic heterocycles. The number of halogens is 1. The molecule has 0 saturated heterocycles. The highest BCUT2D eigenvalue weighted by molar-refractivity contribution is 6.30. The number of rotatable bonds is 4. The number of carbonyl (C=O) groups excluding carboxylic acids is 1. The van der Waals surface area contributed by atoms with Crippen molar-refractivity contribution in [1.29, 1.82) is 0 Å². The van der Waals surface area contributed by atoms with Crippen LogP contribution < -0.4 is 10.6 Å². The summed E-state index contributed by atoms with van der Waals surface area (Å²) in [5.74, 6) is 0. The number of hydrogen-bond acceptors (Lipinski definition) is 1. The molecule has 0 unspecified atom stereocenters. The fourth-order valence-electron chi connectivity index (χ4n) is 2.42. The highest BCUT2D eigenvalue weighted by Gasteiger charge is 2.45. The van der Waals surface area contributed by atoms with Crippen LogP contribution in [0.4, 0.5) is 4.79 Å². The van der Waals surface area contributed by atoms with Crippen LogP contribution in [-0.4, -0.2) is 6.03 Å². The normalized spacial score (nSPS) is 15.3. The molecule has 0 bridgehead atoms. The summed E-state index contributed by atoms with van der Waals surface area (Å²) in [6.07, 6.45) is 1.93. The van der Waals surface area contributed by atoms with Crippen molar-refractivity contribution < 1.29 is 4.79 Å². The summed E-state index contributed by atoms with van der Waals surface area (Å²) in [4.78, 5) is 12.1. The fraction of sp³-hybridized carbons (Fsp3) is 0.235. The van der Waals surface area contributed by atoms with Crippen LogP contribution in [0.5, 0.6) is 0 Å². The van der Waals surface area contributed by atoms with E-state index in [9.17, 15) is 4.79 Å². The first-order chi connectivity index (χ1) is 10.2. The zero-order valence-electron chi connectivity index (χ0n) is 11.6. The van der Waals surface area contributed by atoms with E-state index in [0.717, 1.165) is 24.0 Å². The van der Waals surface area contributed by atoms with Gasteiger partial charge in [0.15, 0.2) is 0 Å². The molecule has 0 atom stereocenters. The van der Waals surface area contributed by atoms with E-state index in [1.807, 2.05) is 54.6 Å². The van der Waals surface area contributed by atoms with E-state index in [2.05, 4.69) is 10.6 Å². The molecule has 2 aromatic carbocycles. The third-order valence-corrected chi connectivity index (χ3v) is 4.05. The third kappa shape index (κ3) is 3.37. The lowest BCUT2D eigenvalue weighted by Gasteiger charge is -2.18. The summed E-state index contributed by atoms with van der Waals surface area (Å²) in [5, 5.41) is 6.69. The topological polar surface area (TPSA) is 41.1 Å². The van der Waals surface area contributed by atoms with Crippen molar-refractivity contribution in [2.45, 2.75) is 24.9 Å². The minimum absolute atomic E-state index is 0.133. The fourth-order valence-corrected chi connectivity index (χ4v) is 2.55. The minimum Gasteiger partial charge on any atom is -0.334 e. The molecular formula is C17H17ClN2O. The van der Waals surface area contributed by atoms with E-state index in [1.165, 1.54) is 0 Å². The Kier molecular flexibility index (Phi) is 3.84. The van der Waals surface area contributed by atoms with Crippen LogP contribution in [0.15, 0.2) is 54.6 Å². The van der Waals surface area contributed by atoms with Gasteiger partial charge in [0.2, 0.25) is 0 Å². The summed E-state index contributed by atoms with van der Waals surface area (Å²) in [6, 6.07) is 17.4. The number of nitrogens with one attached hydrogen (secondary N) is 2. The molecule has 4 heteroatoms. The monoisotopic (exact) mass is 300 g/mol. The van der Waals surface area contributed by atoms with Gasteiger partial charge in [-0.1, -0.05) is 54.1 Å². The molecule has 3 nitrogen and oxygen atoms in total. The van der Waals surface area contributed by atoms with E-state index < -0.39 is 0 Å². The molecule has 0 aliphatic heterocycles. The number of benzene rings is 2. The lowest BCUT2D eigenvalue weighted by molar-refractivity contribution is 0.235. The third-order valence-electron chi connectivity index (χ3n) is 3.80. The molecule has 1 aliphatic carbocycles. The van der Waals surface area contributed by atoms with Crippen molar-refractivity contribution in [3.8, 4) is 0 Å². The van der Waals surface area contributed by atoms with Gasteiger partial charge in [-0.3, -0.25) is 0 Å². The quantitative estimate of drug-likeness (QED) is 0.885. The summed E-state index contributed by atoms with van der Waals surface area (Å²) < 4.78 is 0. The van der Waals surface area contributed by atoms with Crippen molar-refractivity contribution >= 4 is 17.6 Å². The molecule has 0 spiro atoms. The molecule has 1 aliphatic rings. The van der Waals surface area contributed by atoms with E-state index in [-0.39, 0.29) is 11.6 Å². The first-order valence-corrected chi connectivity index (χ1v) is 7.42. The van der Waals surface area contributed by atoms with Crippen LogP contribution in [-0.2, 0) is 12.1 Å². The average molecular weight is 301 g/mol. The van der Waals surface area contributed by atoms with Crippen molar-refractivity contribution in [2.75, 3.05) is 0 Å². The van der Waals surface area contributed by atoms with Crippen molar-refractivity contribution in [2.24, 2.45) is 0 Å². The van der Waals surface area contributed by atoms with Gasteiger partial charge in [-0.2, -0.15) is 0 Å². The van der Waals surface area contributed by atoms with E-state index in [0.29, 0.717) is 11.6 Å². The van der Waals surface area contributed by atoms with Gasteiger partial charge in [-0.15, -0.1) is 0 Å². The Balaban J connectivity index is 1.58. The molecule has 21 heavy (non-hydrogen) atoms. The lowest BCUT2D eigenvalue weighted by atomic mass is 10.1. The first kappa shape index (κ1) is 14.0. The van der Waals surface area contributed by atoms with Gasteiger partial charge < -0.3 is 10.6 Å². The lowest BCUT2D eigenvalue weighted by Crippen LogP contribution is -2.41. The molecule has 1 saturated carbocycles. The Morgan fingerprint density at radius 1 is 1.05 bits per heavy atom. The highest BCUT2D eigenvalue weighted by Crippen LogP contribution is 2.45. The van der Waals surface area contributed by atoms with Gasteiger partial charge in [-0.25, -0.2) is 4.79 Å². The van der Waals surface area contributed by atoms with E-state index in [1.54, 1.807) is 0 Å². The van der Waals surface area contributed by atoms with Crippen LogP contribution >= 0.6 is 11.6 Å². The predicted molar refractivity (Wildman–Crippen MR) is 84.2 cm³/mol. The zero-order valence-corrected chi connectivity index (χ0v) is 12.4. The minimum atomic E-state index is -0.217. The van der Waals surface area contributed by atoms with Crippen LogP contribution in [0.25, 0.3) is 0 Å². The molecule has 1 fully saturated rings. The van der Waals surface area contributed by atoms with E-state index in [4.69, 9.17) is 11.6 Å². The Morgan fingerprint density at radius 3 is 2.33 bits per heavy atom. The molecule has 3 rings (SSSR count). The van der Waals surface area contributed by atoms with Gasteiger partial charge in [0.05, 0.1) is 5.54 Å². The van der Waals surface area contributed by atoms with Crippen molar-refractivity contribution in [1.82, 2.24) is 10.6 Å². The molecule has 2 amide bonds. The first-order valence-electron chi connectivity index (χ1n) is 7.04. The SMILES string of the molecule is O=C(NCc1ccccc1)NC1(c2ccc(Cl)cc2)CC1. The molecule has 2 aromatic rings. The molecule has 2 N–H and O–H groups in total. The number of hydrogen-bond donors (Lipinski definition) is 2. The summed E-state index contributed by atoms with van der Waals surface area (Å²) in [6.45, 7) is 0.531. The Labute approximate surface area is 129 Å². The second kappa shape index (κ2) is 5.78. The Morgan fingerprint density at radius 2 is 1.71 bits per heavy atom. The maximum Gasteiger partial charge on any atom is 0.315 e. The number of carbonyl (C=O) groups is 1. The van der Waals surface area contributed by atoms with Gasteiger partial charge >= 0.3 is 6.03 Å². The van der Waals surface area contributed by atoms with Gasteiger partial charge in [0.1, 0.15) is 0 Å². The summed E-state index contributed by atoms with van der Waals surface area (Å²) in [5.41, 5.74) is 1.98. The molecule has 108 valence electrons. The van der Waals surface area contributed by atoms with Crippen molar-refractivity contribution in [3.63, 3.8) is 0 Å². The van der Waals surface area contributed by atoms with Gasteiger partial charge in [0.25, 0.3) is 0 Å². The standard InChI is InChI=1S/C17H17ClN2O/c18-15-8-6-14(7-9-15)17(10-11-17)20-16(21)19-12-13-4-2-1-3-5-13/h1-9H,10-12H2,(H2,19,20,21). The number of amides is 2.